The standard InChI is InChI=1S/C12H20N2O3S.ClH/c1-9-6-11(10(2)17-9)18(15,16)14-5-4-12(3,7-13)8-14;/h6H,4-5,7-8,13H2,1-3H3;1H. The minimum atomic E-state index is -3.45. The van der Waals surface area contributed by atoms with Crippen molar-refractivity contribution in [3.63, 3.8) is 0 Å². The van der Waals surface area contributed by atoms with Crippen molar-refractivity contribution in [2.45, 2.75) is 32.1 Å². The van der Waals surface area contributed by atoms with Crippen molar-refractivity contribution in [2.24, 2.45) is 11.1 Å². The van der Waals surface area contributed by atoms with Gasteiger partial charge in [0.2, 0.25) is 10.0 Å². The monoisotopic (exact) mass is 308 g/mol. The maximum atomic E-state index is 12.5. The van der Waals surface area contributed by atoms with Crippen LogP contribution >= 0.6 is 12.4 Å². The molecular weight excluding hydrogens is 288 g/mol. The summed E-state index contributed by atoms with van der Waals surface area (Å²) in [6, 6.07) is 1.59. The van der Waals surface area contributed by atoms with Gasteiger partial charge in [0.15, 0.2) is 0 Å². The van der Waals surface area contributed by atoms with Crippen molar-refractivity contribution in [2.75, 3.05) is 19.6 Å². The van der Waals surface area contributed by atoms with Gasteiger partial charge in [0.05, 0.1) is 0 Å². The van der Waals surface area contributed by atoms with E-state index in [1.165, 1.54) is 4.31 Å². The minimum Gasteiger partial charge on any atom is -0.465 e. The van der Waals surface area contributed by atoms with E-state index in [1.54, 1.807) is 19.9 Å². The third-order valence-electron chi connectivity index (χ3n) is 3.63. The molecule has 110 valence electrons. The van der Waals surface area contributed by atoms with Crippen molar-refractivity contribution in [3.8, 4) is 0 Å². The van der Waals surface area contributed by atoms with Crippen LogP contribution in [0.1, 0.15) is 24.9 Å². The molecule has 1 fully saturated rings. The Bertz CT molecular complexity index is 555. The van der Waals surface area contributed by atoms with Gasteiger partial charge in [-0.1, -0.05) is 6.92 Å². The number of furan rings is 1. The van der Waals surface area contributed by atoms with Crippen LogP contribution in [-0.2, 0) is 10.0 Å². The molecule has 2 rings (SSSR count). The average Bonchev–Trinajstić information content (AvgIpc) is 2.84. The Kier molecular flexibility index (Phi) is 4.72. The van der Waals surface area contributed by atoms with E-state index in [-0.39, 0.29) is 22.7 Å². The van der Waals surface area contributed by atoms with E-state index >= 15 is 0 Å². The number of nitrogens with zero attached hydrogens (tertiary/aromatic N) is 1. The number of aryl methyl sites for hydroxylation is 2. The average molecular weight is 309 g/mol. The molecule has 0 radical (unpaired) electrons. The SMILES string of the molecule is Cc1cc(S(=O)(=O)N2CCC(C)(CN)C2)c(C)o1.Cl. The highest BCUT2D eigenvalue weighted by Gasteiger charge is 2.40. The minimum absolute atomic E-state index is 0. The predicted octanol–water partition coefficient (Wildman–Crippen LogP) is 1.68. The third-order valence-corrected chi connectivity index (χ3v) is 5.58. The van der Waals surface area contributed by atoms with E-state index in [0.717, 1.165) is 6.42 Å². The highest BCUT2D eigenvalue weighted by molar-refractivity contribution is 7.89. The molecule has 0 aromatic carbocycles. The summed E-state index contributed by atoms with van der Waals surface area (Å²) in [5.74, 6) is 1.07. The summed E-state index contributed by atoms with van der Waals surface area (Å²) in [7, 11) is -3.45. The first kappa shape index (κ1) is 16.5. The van der Waals surface area contributed by atoms with Gasteiger partial charge in [-0.15, -0.1) is 12.4 Å². The smallest absolute Gasteiger partial charge is 0.246 e. The van der Waals surface area contributed by atoms with E-state index in [2.05, 4.69) is 0 Å². The number of halogens is 1. The number of nitrogens with two attached hydrogens (primary N) is 1. The van der Waals surface area contributed by atoms with Crippen molar-refractivity contribution in [3.05, 3.63) is 17.6 Å². The first-order chi connectivity index (χ1) is 8.28. The van der Waals surface area contributed by atoms with Crippen LogP contribution in [0, 0.1) is 19.3 Å². The van der Waals surface area contributed by atoms with Gasteiger partial charge in [-0.2, -0.15) is 4.31 Å². The molecule has 0 amide bonds. The molecule has 2 N–H and O–H groups in total. The van der Waals surface area contributed by atoms with Crippen LogP contribution in [0.25, 0.3) is 0 Å². The molecule has 1 unspecified atom stereocenters. The Morgan fingerprint density at radius 3 is 2.53 bits per heavy atom. The second-order valence-electron chi connectivity index (χ2n) is 5.38. The van der Waals surface area contributed by atoms with Crippen LogP contribution in [-0.4, -0.2) is 32.4 Å². The molecule has 2 heterocycles. The lowest BCUT2D eigenvalue weighted by Crippen LogP contribution is -2.34. The summed E-state index contributed by atoms with van der Waals surface area (Å²) in [6.45, 7) is 6.96. The predicted molar refractivity (Wildman–Crippen MR) is 76.0 cm³/mol. The van der Waals surface area contributed by atoms with Crippen LogP contribution in [0.15, 0.2) is 15.4 Å². The number of sulfonamides is 1. The summed E-state index contributed by atoms with van der Waals surface area (Å²) < 4.78 is 31.8. The molecular formula is C12H21ClN2O3S. The van der Waals surface area contributed by atoms with Crippen LogP contribution in [0.4, 0.5) is 0 Å². The molecule has 0 bridgehead atoms. The topological polar surface area (TPSA) is 76.5 Å². The fourth-order valence-electron chi connectivity index (χ4n) is 2.35. The highest BCUT2D eigenvalue weighted by Crippen LogP contribution is 2.33. The molecule has 1 aliphatic rings. The number of hydrogen-bond donors (Lipinski definition) is 1. The summed E-state index contributed by atoms with van der Waals surface area (Å²) in [6.07, 6.45) is 0.804. The van der Waals surface area contributed by atoms with E-state index in [4.69, 9.17) is 10.2 Å². The zero-order chi connectivity index (χ0) is 13.6. The summed E-state index contributed by atoms with van der Waals surface area (Å²) >= 11 is 0. The second-order valence-corrected chi connectivity index (χ2v) is 7.29. The molecule has 0 saturated carbocycles. The van der Waals surface area contributed by atoms with Crippen molar-refractivity contribution >= 4 is 22.4 Å². The summed E-state index contributed by atoms with van der Waals surface area (Å²) in [5.41, 5.74) is 5.59. The Balaban J connectivity index is 0.00000180. The fraction of sp³-hybridized carbons (Fsp3) is 0.667. The maximum Gasteiger partial charge on any atom is 0.246 e. The van der Waals surface area contributed by atoms with Crippen molar-refractivity contribution in [1.29, 1.82) is 0 Å². The van der Waals surface area contributed by atoms with E-state index in [0.29, 0.717) is 31.2 Å². The quantitative estimate of drug-likeness (QED) is 0.921. The number of hydrogen-bond acceptors (Lipinski definition) is 4. The van der Waals surface area contributed by atoms with Gasteiger partial charge in [0, 0.05) is 13.1 Å². The molecule has 5 nitrogen and oxygen atoms in total. The Morgan fingerprint density at radius 1 is 1.47 bits per heavy atom. The maximum absolute atomic E-state index is 12.5. The van der Waals surface area contributed by atoms with E-state index in [9.17, 15) is 8.42 Å². The van der Waals surface area contributed by atoms with Gasteiger partial charge in [-0.3, -0.25) is 0 Å². The molecule has 19 heavy (non-hydrogen) atoms. The lowest BCUT2D eigenvalue weighted by molar-refractivity contribution is 0.349. The Hall–Kier alpha value is -0.560. The van der Waals surface area contributed by atoms with Gasteiger partial charge in [0.1, 0.15) is 16.4 Å². The van der Waals surface area contributed by atoms with Crippen molar-refractivity contribution in [1.82, 2.24) is 4.31 Å². The first-order valence-electron chi connectivity index (χ1n) is 6.06. The van der Waals surface area contributed by atoms with Gasteiger partial charge in [-0.05, 0) is 38.3 Å². The normalized spacial score (nSPS) is 24.4. The highest BCUT2D eigenvalue weighted by atomic mass is 35.5. The largest absolute Gasteiger partial charge is 0.465 e. The van der Waals surface area contributed by atoms with Crippen LogP contribution in [0.2, 0.25) is 0 Å². The van der Waals surface area contributed by atoms with Gasteiger partial charge in [-0.25, -0.2) is 8.42 Å². The molecule has 1 saturated heterocycles. The van der Waals surface area contributed by atoms with E-state index in [1.807, 2.05) is 6.92 Å². The molecule has 1 aromatic rings. The van der Waals surface area contributed by atoms with Crippen LogP contribution < -0.4 is 5.73 Å². The lowest BCUT2D eigenvalue weighted by Gasteiger charge is -2.22. The fourth-order valence-corrected chi connectivity index (χ4v) is 4.16. The first-order valence-corrected chi connectivity index (χ1v) is 7.50. The van der Waals surface area contributed by atoms with Crippen molar-refractivity contribution < 1.29 is 12.8 Å². The molecule has 0 spiro atoms. The Morgan fingerprint density at radius 2 is 2.11 bits per heavy atom. The molecule has 7 heteroatoms. The van der Waals surface area contributed by atoms with Crippen LogP contribution in [0.3, 0.4) is 0 Å². The van der Waals surface area contributed by atoms with Crippen LogP contribution in [0.5, 0.6) is 0 Å². The van der Waals surface area contributed by atoms with E-state index < -0.39 is 10.0 Å². The zero-order valence-electron chi connectivity index (χ0n) is 11.5. The summed E-state index contributed by atoms with van der Waals surface area (Å²) in [5, 5.41) is 0. The number of rotatable bonds is 3. The van der Waals surface area contributed by atoms with Gasteiger partial charge in [0.25, 0.3) is 0 Å². The molecule has 1 aromatic heterocycles. The molecule has 1 aliphatic heterocycles. The lowest BCUT2D eigenvalue weighted by atomic mass is 9.90. The second kappa shape index (κ2) is 5.44. The van der Waals surface area contributed by atoms with Gasteiger partial charge < -0.3 is 10.2 Å². The summed E-state index contributed by atoms with van der Waals surface area (Å²) in [4.78, 5) is 0.279. The zero-order valence-corrected chi connectivity index (χ0v) is 13.1. The van der Waals surface area contributed by atoms with Gasteiger partial charge >= 0.3 is 0 Å². The molecule has 1 atom stereocenters. The Labute approximate surface area is 120 Å². The molecule has 0 aliphatic carbocycles. The third kappa shape index (κ3) is 2.97.